The molecule has 1 saturated heterocycles. The topological polar surface area (TPSA) is 66.5 Å². The quantitative estimate of drug-likeness (QED) is 0.622. The predicted octanol–water partition coefficient (Wildman–Crippen LogP) is 4.37. The number of thioether (sulfide) groups is 1. The van der Waals surface area contributed by atoms with Crippen LogP contribution in [0.1, 0.15) is 26.9 Å². The van der Waals surface area contributed by atoms with E-state index in [9.17, 15) is 18.2 Å². The molecule has 31 heavy (non-hydrogen) atoms. The first kappa shape index (κ1) is 21.3. The van der Waals surface area contributed by atoms with E-state index < -0.39 is 16.9 Å². The molecule has 2 unspecified atom stereocenters. The number of aryl methyl sites for hydroxylation is 1. The molecule has 0 spiro atoms. The van der Waals surface area contributed by atoms with E-state index in [1.165, 1.54) is 23.9 Å². The molecule has 2 amide bonds. The van der Waals surface area contributed by atoms with Crippen molar-refractivity contribution in [3.05, 3.63) is 95.3 Å². The van der Waals surface area contributed by atoms with Crippen molar-refractivity contribution < 1.29 is 18.2 Å². The lowest BCUT2D eigenvalue weighted by atomic mass is 10.1. The molecule has 0 saturated carbocycles. The number of halogens is 1. The van der Waals surface area contributed by atoms with Gasteiger partial charge in [-0.15, -0.1) is 11.8 Å². The average Bonchev–Trinajstić information content (AvgIpc) is 3.16. The first-order valence-corrected chi connectivity index (χ1v) is 11.7. The second-order valence-corrected chi connectivity index (χ2v) is 9.27. The predicted molar refractivity (Wildman–Crippen MR) is 121 cm³/mol. The average molecular weight is 455 g/mol. The lowest BCUT2D eigenvalue weighted by Crippen LogP contribution is -2.29. The van der Waals surface area contributed by atoms with Gasteiger partial charge in [0.25, 0.3) is 5.91 Å². The van der Waals surface area contributed by atoms with E-state index in [-0.39, 0.29) is 17.1 Å². The van der Waals surface area contributed by atoms with Gasteiger partial charge in [-0.05, 0) is 60.5 Å². The molecule has 2 atom stereocenters. The summed E-state index contributed by atoms with van der Waals surface area (Å²) in [7, 11) is -1.66. The highest BCUT2D eigenvalue weighted by Gasteiger charge is 2.35. The third-order valence-corrected chi connectivity index (χ3v) is 7.17. The fourth-order valence-electron chi connectivity index (χ4n) is 3.37. The van der Waals surface area contributed by atoms with E-state index in [0.717, 1.165) is 11.1 Å². The first-order valence-electron chi connectivity index (χ1n) is 9.51. The summed E-state index contributed by atoms with van der Waals surface area (Å²) in [6.45, 7) is 1.82. The maximum absolute atomic E-state index is 13.3. The molecular formula is C23H19FN2O3S2. The maximum Gasteiger partial charge on any atom is 0.263 e. The normalized spacial score (nSPS) is 16.9. The van der Waals surface area contributed by atoms with Crippen LogP contribution in [0.15, 0.2) is 77.7 Å². The molecule has 1 N–H and O–H groups in total. The SMILES string of the molecule is Cc1cc(C(=O)NS(=O)c2ccccc2)ccc1N1C(=O)CSC1c1ccc(F)cc1. The van der Waals surface area contributed by atoms with E-state index in [4.69, 9.17) is 0 Å². The zero-order valence-electron chi connectivity index (χ0n) is 16.6. The van der Waals surface area contributed by atoms with Crippen LogP contribution in [0.25, 0.3) is 0 Å². The van der Waals surface area contributed by atoms with Crippen molar-refractivity contribution >= 4 is 40.2 Å². The second-order valence-electron chi connectivity index (χ2n) is 6.99. The molecule has 0 radical (unpaired) electrons. The van der Waals surface area contributed by atoms with E-state index in [1.807, 2.05) is 13.0 Å². The Morgan fingerprint density at radius 2 is 1.81 bits per heavy atom. The van der Waals surface area contributed by atoms with E-state index in [1.54, 1.807) is 59.5 Å². The molecule has 1 heterocycles. The third kappa shape index (κ3) is 4.55. The van der Waals surface area contributed by atoms with Crippen LogP contribution in [-0.2, 0) is 15.8 Å². The van der Waals surface area contributed by atoms with Crippen molar-refractivity contribution in [2.24, 2.45) is 0 Å². The van der Waals surface area contributed by atoms with Crippen molar-refractivity contribution in [2.75, 3.05) is 10.7 Å². The molecule has 3 aromatic carbocycles. The number of carbonyl (C=O) groups excluding carboxylic acids is 2. The van der Waals surface area contributed by atoms with Gasteiger partial charge in [-0.1, -0.05) is 30.3 Å². The van der Waals surface area contributed by atoms with Gasteiger partial charge >= 0.3 is 0 Å². The highest BCUT2D eigenvalue weighted by atomic mass is 32.2. The van der Waals surface area contributed by atoms with Crippen LogP contribution in [0, 0.1) is 12.7 Å². The molecule has 5 nitrogen and oxygen atoms in total. The van der Waals surface area contributed by atoms with Gasteiger partial charge < -0.3 is 0 Å². The minimum absolute atomic E-state index is 0.0511. The monoisotopic (exact) mass is 454 g/mol. The Balaban J connectivity index is 1.56. The number of nitrogens with zero attached hydrogens (tertiary/aromatic N) is 1. The number of amides is 2. The van der Waals surface area contributed by atoms with Gasteiger partial charge in [0.1, 0.15) is 11.2 Å². The summed E-state index contributed by atoms with van der Waals surface area (Å²) in [4.78, 5) is 27.4. The fraction of sp³-hybridized carbons (Fsp3) is 0.130. The van der Waals surface area contributed by atoms with Crippen LogP contribution < -0.4 is 9.62 Å². The van der Waals surface area contributed by atoms with Crippen LogP contribution in [-0.4, -0.2) is 21.8 Å². The van der Waals surface area contributed by atoms with Crippen molar-refractivity contribution in [1.82, 2.24) is 4.72 Å². The third-order valence-electron chi connectivity index (χ3n) is 4.88. The van der Waals surface area contributed by atoms with Crippen molar-refractivity contribution in [3.8, 4) is 0 Å². The van der Waals surface area contributed by atoms with Crippen LogP contribution in [0.2, 0.25) is 0 Å². The first-order chi connectivity index (χ1) is 14.9. The zero-order valence-corrected chi connectivity index (χ0v) is 18.2. The summed E-state index contributed by atoms with van der Waals surface area (Å²) < 4.78 is 28.1. The maximum atomic E-state index is 13.3. The molecule has 0 aromatic heterocycles. The number of nitrogens with one attached hydrogen (secondary N) is 1. The molecule has 8 heteroatoms. The number of hydrogen-bond acceptors (Lipinski definition) is 4. The Morgan fingerprint density at radius 3 is 2.48 bits per heavy atom. The minimum atomic E-state index is -1.66. The number of hydrogen-bond donors (Lipinski definition) is 1. The van der Waals surface area contributed by atoms with Gasteiger partial charge in [0.05, 0.1) is 10.6 Å². The highest BCUT2D eigenvalue weighted by molar-refractivity contribution is 8.00. The van der Waals surface area contributed by atoms with Crippen molar-refractivity contribution in [1.29, 1.82) is 0 Å². The zero-order chi connectivity index (χ0) is 22.0. The van der Waals surface area contributed by atoms with Gasteiger partial charge in [0, 0.05) is 11.3 Å². The highest BCUT2D eigenvalue weighted by Crippen LogP contribution is 2.42. The van der Waals surface area contributed by atoms with Crippen molar-refractivity contribution in [3.63, 3.8) is 0 Å². The number of benzene rings is 3. The summed E-state index contributed by atoms with van der Waals surface area (Å²) >= 11 is 1.47. The Kier molecular flexibility index (Phi) is 6.20. The lowest BCUT2D eigenvalue weighted by Gasteiger charge is -2.26. The Morgan fingerprint density at radius 1 is 1.10 bits per heavy atom. The molecular weight excluding hydrogens is 435 g/mol. The molecule has 4 rings (SSSR count). The van der Waals surface area contributed by atoms with Crippen LogP contribution in [0.5, 0.6) is 0 Å². The van der Waals surface area contributed by atoms with Crippen molar-refractivity contribution in [2.45, 2.75) is 17.2 Å². The second kappa shape index (κ2) is 9.03. The van der Waals surface area contributed by atoms with Crippen LogP contribution >= 0.6 is 11.8 Å². The van der Waals surface area contributed by atoms with Gasteiger partial charge in [-0.25, -0.2) is 8.60 Å². The van der Waals surface area contributed by atoms with E-state index in [2.05, 4.69) is 4.72 Å². The lowest BCUT2D eigenvalue weighted by molar-refractivity contribution is -0.115. The number of anilines is 1. The molecule has 158 valence electrons. The number of carbonyl (C=O) groups is 2. The molecule has 0 aliphatic carbocycles. The fourth-order valence-corrected chi connectivity index (χ4v) is 5.35. The molecule has 3 aromatic rings. The summed E-state index contributed by atoms with van der Waals surface area (Å²) in [6, 6.07) is 19.8. The van der Waals surface area contributed by atoms with Crippen LogP contribution in [0.4, 0.5) is 10.1 Å². The largest absolute Gasteiger partial charge is 0.295 e. The van der Waals surface area contributed by atoms with E-state index >= 15 is 0 Å². The minimum Gasteiger partial charge on any atom is -0.295 e. The van der Waals surface area contributed by atoms with Gasteiger partial charge in [-0.2, -0.15) is 0 Å². The standard InChI is InChI=1S/C23H19FN2O3S2/c1-15-13-17(22(28)25-31(29)19-5-3-2-4-6-19)9-12-20(15)26-21(27)14-30-23(26)16-7-10-18(24)11-8-16/h2-13,23H,14H2,1H3,(H,25,28). The Bertz CT molecular complexity index is 1150. The van der Waals surface area contributed by atoms with Gasteiger partial charge in [0.2, 0.25) is 5.91 Å². The summed E-state index contributed by atoms with van der Waals surface area (Å²) in [5, 5.41) is -0.267. The number of rotatable bonds is 5. The Hall–Kier alpha value is -2.97. The Labute approximate surface area is 186 Å². The van der Waals surface area contributed by atoms with E-state index in [0.29, 0.717) is 21.9 Å². The molecule has 0 bridgehead atoms. The summed E-state index contributed by atoms with van der Waals surface area (Å²) in [5.41, 5.74) is 2.60. The molecule has 1 fully saturated rings. The molecule has 1 aliphatic rings. The van der Waals surface area contributed by atoms with Gasteiger partial charge in [0.15, 0.2) is 11.0 Å². The summed E-state index contributed by atoms with van der Waals surface area (Å²) in [6.07, 6.45) is 0. The van der Waals surface area contributed by atoms with Gasteiger partial charge in [-0.3, -0.25) is 19.2 Å². The van der Waals surface area contributed by atoms with Crippen LogP contribution in [0.3, 0.4) is 0 Å². The molecule has 1 aliphatic heterocycles. The summed E-state index contributed by atoms with van der Waals surface area (Å²) in [5.74, 6) is -0.525. The smallest absolute Gasteiger partial charge is 0.263 e.